The molecule has 0 bridgehead atoms. The Kier molecular flexibility index (Phi) is 11.4. The summed E-state index contributed by atoms with van der Waals surface area (Å²) >= 11 is 0. The standard InChI is InChI=1S/C32H42F3N7O4/c1-9-23-26-20(15-37-16-25(26)41(8)40-23)11-10-12-22(14-36)38-28(43)24-13-21(18(2)3)17-42(24)29(44)27(19(4)46-31(5,6)7)39-30(45)32(33,34)35/h1,15-16,18-19,21-22,24,27H,10-13,17H2,2-8H3,(H,38,43)(H,39,45)/t19-,21-,22?,24+,27+/m1/s1. The molecule has 0 saturated carbocycles. The predicted molar refractivity (Wildman–Crippen MR) is 164 cm³/mol. The number of hydrogen-bond donors (Lipinski definition) is 2. The minimum absolute atomic E-state index is 0.0445. The van der Waals surface area contributed by atoms with Gasteiger partial charge in [0.1, 0.15) is 23.8 Å². The molecule has 1 unspecified atom stereocenters. The molecular formula is C32H42F3N7O4. The van der Waals surface area contributed by atoms with Crippen LogP contribution >= 0.6 is 0 Å². The molecule has 0 spiro atoms. The summed E-state index contributed by atoms with van der Waals surface area (Å²) in [6, 6.07) is -1.58. The van der Waals surface area contributed by atoms with Crippen LogP contribution in [0, 0.1) is 35.5 Å². The van der Waals surface area contributed by atoms with E-state index in [1.54, 1.807) is 50.2 Å². The van der Waals surface area contributed by atoms with Crippen LogP contribution in [0.4, 0.5) is 13.2 Å². The van der Waals surface area contributed by atoms with E-state index in [-0.39, 0.29) is 31.2 Å². The zero-order chi connectivity index (χ0) is 34.6. The molecule has 14 heteroatoms. The third-order valence-electron chi connectivity index (χ3n) is 8.07. The van der Waals surface area contributed by atoms with Gasteiger partial charge in [-0.3, -0.25) is 24.0 Å². The molecule has 1 saturated heterocycles. The van der Waals surface area contributed by atoms with Crippen LogP contribution < -0.4 is 10.6 Å². The summed E-state index contributed by atoms with van der Waals surface area (Å²) in [7, 11) is 1.77. The maximum atomic E-state index is 13.9. The van der Waals surface area contributed by atoms with Crippen molar-refractivity contribution in [1.29, 1.82) is 5.26 Å². The SMILES string of the molecule is C#Cc1nn(C)c2cncc(CCCC(C#N)NC(=O)[C@@H]3C[C@@H](C(C)C)CN3C(=O)[C@@H](NC(=O)C(F)(F)F)[C@@H](C)OC(C)(C)C)c12. The average Bonchev–Trinajstić information content (AvgIpc) is 3.56. The number of likely N-dealkylation sites (tertiary alicyclic amines) is 1. The number of carbonyl (C=O) groups is 3. The first-order valence-corrected chi connectivity index (χ1v) is 15.2. The van der Waals surface area contributed by atoms with E-state index in [0.29, 0.717) is 18.5 Å². The highest BCUT2D eigenvalue weighted by atomic mass is 19.4. The van der Waals surface area contributed by atoms with Crippen molar-refractivity contribution < 1.29 is 32.3 Å². The van der Waals surface area contributed by atoms with Crippen molar-refractivity contribution >= 4 is 28.6 Å². The van der Waals surface area contributed by atoms with E-state index in [1.807, 2.05) is 13.8 Å². The molecule has 3 amide bonds. The zero-order valence-electron chi connectivity index (χ0n) is 27.2. The fraction of sp³-hybridized carbons (Fsp3) is 0.625. The first-order chi connectivity index (χ1) is 21.4. The van der Waals surface area contributed by atoms with Gasteiger partial charge in [0.2, 0.25) is 11.8 Å². The van der Waals surface area contributed by atoms with Gasteiger partial charge in [0.25, 0.3) is 0 Å². The Bertz CT molecular complexity index is 1520. The topological polar surface area (TPSA) is 142 Å². The van der Waals surface area contributed by atoms with E-state index in [9.17, 15) is 32.8 Å². The molecule has 3 heterocycles. The summed E-state index contributed by atoms with van der Waals surface area (Å²) in [5.41, 5.74) is 1.27. The van der Waals surface area contributed by atoms with Crippen molar-refractivity contribution in [2.24, 2.45) is 18.9 Å². The van der Waals surface area contributed by atoms with E-state index in [2.05, 4.69) is 27.4 Å². The molecule has 2 N–H and O–H groups in total. The highest BCUT2D eigenvalue weighted by molar-refractivity contribution is 5.94. The Morgan fingerprint density at radius 3 is 2.41 bits per heavy atom. The van der Waals surface area contributed by atoms with Gasteiger partial charge < -0.3 is 20.3 Å². The van der Waals surface area contributed by atoms with Gasteiger partial charge in [0.15, 0.2) is 0 Å². The lowest BCUT2D eigenvalue weighted by Crippen LogP contribution is -2.60. The molecule has 1 aliphatic rings. The summed E-state index contributed by atoms with van der Waals surface area (Å²) in [4.78, 5) is 44.9. The molecule has 3 rings (SSSR count). The summed E-state index contributed by atoms with van der Waals surface area (Å²) in [6.07, 6.45) is 4.13. The minimum atomic E-state index is -5.23. The Balaban J connectivity index is 1.78. The largest absolute Gasteiger partial charge is 0.471 e. The first-order valence-electron chi connectivity index (χ1n) is 15.2. The van der Waals surface area contributed by atoms with Gasteiger partial charge in [-0.1, -0.05) is 13.8 Å². The number of alkyl halides is 3. The third kappa shape index (κ3) is 8.75. The summed E-state index contributed by atoms with van der Waals surface area (Å²) in [5, 5.41) is 19.5. The first kappa shape index (κ1) is 36.3. The van der Waals surface area contributed by atoms with Crippen LogP contribution in [-0.2, 0) is 32.6 Å². The molecule has 1 fully saturated rings. The van der Waals surface area contributed by atoms with Crippen LogP contribution in [0.1, 0.15) is 72.1 Å². The van der Waals surface area contributed by atoms with Gasteiger partial charge in [0.05, 0.1) is 29.5 Å². The molecule has 11 nitrogen and oxygen atoms in total. The Morgan fingerprint density at radius 1 is 1.17 bits per heavy atom. The number of nitriles is 1. The molecule has 0 aromatic carbocycles. The molecule has 0 radical (unpaired) electrons. The lowest BCUT2D eigenvalue weighted by Gasteiger charge is -2.34. The number of halogens is 3. The molecule has 2 aromatic rings. The van der Waals surface area contributed by atoms with E-state index < -0.39 is 53.7 Å². The maximum Gasteiger partial charge on any atom is 0.471 e. The number of rotatable bonds is 11. The van der Waals surface area contributed by atoms with E-state index in [0.717, 1.165) is 16.5 Å². The molecule has 250 valence electrons. The minimum Gasteiger partial charge on any atom is -0.370 e. The number of terminal acetylenes is 1. The van der Waals surface area contributed by atoms with Crippen molar-refractivity contribution in [1.82, 2.24) is 30.3 Å². The van der Waals surface area contributed by atoms with E-state index in [1.165, 1.54) is 11.8 Å². The van der Waals surface area contributed by atoms with Gasteiger partial charge in [-0.25, -0.2) is 0 Å². The summed E-state index contributed by atoms with van der Waals surface area (Å²) in [5.74, 6) is -1.27. The van der Waals surface area contributed by atoms with Crippen LogP contribution in [0.15, 0.2) is 12.4 Å². The molecule has 5 atom stereocenters. The van der Waals surface area contributed by atoms with E-state index in [4.69, 9.17) is 11.2 Å². The average molecular weight is 646 g/mol. The van der Waals surface area contributed by atoms with E-state index >= 15 is 0 Å². The second-order valence-corrected chi connectivity index (χ2v) is 13.0. The number of pyridine rings is 1. The van der Waals surface area contributed by atoms with Gasteiger partial charge in [-0.15, -0.1) is 6.42 Å². The van der Waals surface area contributed by atoms with Crippen molar-refractivity contribution in [2.75, 3.05) is 6.54 Å². The molecule has 2 aromatic heterocycles. The molecule has 1 aliphatic heterocycles. The number of ether oxygens (including phenoxy) is 1. The van der Waals surface area contributed by atoms with Crippen LogP contribution in [0.5, 0.6) is 0 Å². The maximum absolute atomic E-state index is 13.9. The van der Waals surface area contributed by atoms with Crippen LogP contribution in [0.25, 0.3) is 10.9 Å². The normalized spacial score (nSPS) is 18.9. The summed E-state index contributed by atoms with van der Waals surface area (Å²) < 4.78 is 47.2. The smallest absolute Gasteiger partial charge is 0.370 e. The number of nitrogens with zero attached hydrogens (tertiary/aromatic N) is 5. The van der Waals surface area contributed by atoms with Crippen LogP contribution in [0.2, 0.25) is 0 Å². The van der Waals surface area contributed by atoms with Crippen molar-refractivity contribution in [3.05, 3.63) is 23.7 Å². The zero-order valence-corrected chi connectivity index (χ0v) is 27.2. The molecular weight excluding hydrogens is 603 g/mol. The van der Waals surface area contributed by atoms with Crippen molar-refractivity contribution in [2.45, 2.75) is 103 Å². The Morgan fingerprint density at radius 2 is 1.85 bits per heavy atom. The number of carbonyl (C=O) groups excluding carboxylic acids is 3. The number of aromatic nitrogens is 3. The van der Waals surface area contributed by atoms with Gasteiger partial charge >= 0.3 is 12.1 Å². The molecule has 0 aliphatic carbocycles. The second kappa shape index (κ2) is 14.5. The number of nitrogens with one attached hydrogen (secondary N) is 2. The predicted octanol–water partition coefficient (Wildman–Crippen LogP) is 3.40. The lowest BCUT2D eigenvalue weighted by atomic mass is 9.93. The third-order valence-corrected chi connectivity index (χ3v) is 8.07. The monoisotopic (exact) mass is 645 g/mol. The highest BCUT2D eigenvalue weighted by Crippen LogP contribution is 2.31. The number of aryl methyl sites for hydroxylation is 2. The highest BCUT2D eigenvalue weighted by Gasteiger charge is 2.47. The molecule has 46 heavy (non-hydrogen) atoms. The van der Waals surface area contributed by atoms with Crippen LogP contribution in [0.3, 0.4) is 0 Å². The Hall–Kier alpha value is -4.17. The lowest BCUT2D eigenvalue weighted by molar-refractivity contribution is -0.177. The fourth-order valence-electron chi connectivity index (χ4n) is 5.74. The fourth-order valence-corrected chi connectivity index (χ4v) is 5.74. The number of amides is 3. The second-order valence-electron chi connectivity index (χ2n) is 13.0. The van der Waals surface area contributed by atoms with Crippen LogP contribution in [-0.4, -0.2) is 79.9 Å². The number of hydrogen-bond acceptors (Lipinski definition) is 7. The number of fused-ring (bicyclic) bond motifs is 1. The Labute approximate surface area is 267 Å². The van der Waals surface area contributed by atoms with Gasteiger partial charge in [0, 0.05) is 25.2 Å². The van der Waals surface area contributed by atoms with Gasteiger partial charge in [-0.05, 0) is 76.7 Å². The quantitative estimate of drug-likeness (QED) is 0.357. The van der Waals surface area contributed by atoms with Gasteiger partial charge in [-0.2, -0.15) is 23.5 Å². The summed E-state index contributed by atoms with van der Waals surface area (Å²) in [6.45, 7) is 10.3. The van der Waals surface area contributed by atoms with Crippen molar-refractivity contribution in [3.8, 4) is 18.4 Å². The van der Waals surface area contributed by atoms with Crippen molar-refractivity contribution in [3.63, 3.8) is 0 Å².